The Bertz CT molecular complexity index is 606. The molecule has 10 nitrogen and oxygen atoms in total. The van der Waals surface area contributed by atoms with Crippen LogP contribution in [0.2, 0.25) is 0 Å². The maximum atomic E-state index is 11.0. The minimum Gasteiger partial charge on any atom is -0.748 e. The van der Waals surface area contributed by atoms with E-state index in [1.54, 1.807) is 0 Å². The summed E-state index contributed by atoms with van der Waals surface area (Å²) in [5.74, 6) is -0.507. The first-order chi connectivity index (χ1) is 12.6. The molecule has 0 fully saturated rings. The number of amides is 2. The second kappa shape index (κ2) is 17.7. The fraction of sp³-hybridized carbons (Fsp3) is 0.875. The van der Waals surface area contributed by atoms with Crippen molar-refractivity contribution in [3.05, 3.63) is 0 Å². The second-order valence-corrected chi connectivity index (χ2v) is 10.2. The van der Waals surface area contributed by atoms with E-state index in [0.717, 1.165) is 0 Å². The monoisotopic (exact) mass is 484 g/mol. The zero-order valence-corrected chi connectivity index (χ0v) is 21.4. The molecule has 0 spiro atoms. The van der Waals surface area contributed by atoms with Gasteiger partial charge in [-0.15, -0.1) is 0 Å². The molecule has 168 valence electrons. The van der Waals surface area contributed by atoms with Crippen LogP contribution in [-0.2, 0) is 29.8 Å². The largest absolute Gasteiger partial charge is 2.00 e. The van der Waals surface area contributed by atoms with Crippen LogP contribution in [0.1, 0.15) is 53.4 Å². The molecule has 0 bridgehead atoms. The van der Waals surface area contributed by atoms with Crippen LogP contribution in [0.4, 0.5) is 0 Å². The topological polar surface area (TPSA) is 173 Å². The number of hydrogen-bond donors (Lipinski definition) is 2. The molecule has 0 aliphatic heterocycles. The van der Waals surface area contributed by atoms with Crippen LogP contribution in [0.15, 0.2) is 0 Å². The zero-order chi connectivity index (χ0) is 22.4. The molecule has 13 heteroatoms. The van der Waals surface area contributed by atoms with Gasteiger partial charge in [0, 0.05) is 37.4 Å². The number of carbonyl (C=O) groups is 2. The average molecular weight is 485 g/mol. The summed E-state index contributed by atoms with van der Waals surface area (Å²) < 4.78 is 61.1. The average Bonchev–Trinajstić information content (AvgIpc) is 2.45. The van der Waals surface area contributed by atoms with E-state index in [4.69, 9.17) is 0 Å². The molecule has 0 rings (SSSR count). The number of hydrogen-bond acceptors (Lipinski definition) is 8. The number of nitrogens with one attached hydrogen (secondary N) is 2. The van der Waals surface area contributed by atoms with Gasteiger partial charge in [0.1, 0.15) is 0 Å². The quantitative estimate of drug-likeness (QED) is 0.217. The summed E-state index contributed by atoms with van der Waals surface area (Å²) >= 11 is 0. The van der Waals surface area contributed by atoms with Crippen molar-refractivity contribution in [2.45, 2.75) is 53.4 Å². The minimum atomic E-state index is -4.15. The second-order valence-electron chi connectivity index (χ2n) is 7.13. The van der Waals surface area contributed by atoms with E-state index in [-0.39, 0.29) is 87.3 Å². The van der Waals surface area contributed by atoms with Gasteiger partial charge in [0.25, 0.3) is 0 Å². The summed E-state index contributed by atoms with van der Waals surface area (Å²) in [5, 5.41) is 5.09. The molecule has 0 atom stereocenters. The molecular weight excluding hydrogens is 452 g/mol. The van der Waals surface area contributed by atoms with E-state index in [2.05, 4.69) is 10.6 Å². The van der Waals surface area contributed by atoms with Gasteiger partial charge in [-0.05, 0) is 24.7 Å². The van der Waals surface area contributed by atoms with Gasteiger partial charge in [0.05, 0.1) is 20.2 Å². The first-order valence-corrected chi connectivity index (χ1v) is 12.2. The van der Waals surface area contributed by atoms with Gasteiger partial charge < -0.3 is 19.7 Å². The van der Waals surface area contributed by atoms with Gasteiger partial charge in [-0.2, -0.15) is 0 Å². The molecule has 0 radical (unpaired) electrons. The molecule has 2 N–H and O–H groups in total. The van der Waals surface area contributed by atoms with Crippen molar-refractivity contribution >= 4 is 69.8 Å². The predicted octanol–water partition coefficient (Wildman–Crippen LogP) is -0.213. The van der Waals surface area contributed by atoms with Gasteiger partial charge in [-0.1, -0.05) is 27.7 Å². The van der Waals surface area contributed by atoms with Gasteiger partial charge >= 0.3 is 37.7 Å². The smallest absolute Gasteiger partial charge is 0.748 e. The molecule has 0 aromatic rings. The van der Waals surface area contributed by atoms with Gasteiger partial charge in [0.15, 0.2) is 0 Å². The first-order valence-electron chi connectivity index (χ1n) is 9.03. The standard InChI is InChI=1S/2C8H17NO4S.Ca/c2*1-7(2)6-8(10)9-4-3-5-14(11,12)13;/h2*7H,3-6H2,1-2H3,(H,9,10)(H,11,12,13);/q;;+2/p-2. The van der Waals surface area contributed by atoms with Gasteiger partial charge in [0.2, 0.25) is 11.8 Å². The summed E-state index contributed by atoms with van der Waals surface area (Å²) in [6, 6.07) is 0. The van der Waals surface area contributed by atoms with E-state index in [1.807, 2.05) is 27.7 Å². The van der Waals surface area contributed by atoms with Crippen molar-refractivity contribution in [3.8, 4) is 0 Å². The van der Waals surface area contributed by atoms with E-state index >= 15 is 0 Å². The summed E-state index contributed by atoms with van der Waals surface area (Å²) in [5.41, 5.74) is 0. The molecule has 0 heterocycles. The molecule has 0 saturated heterocycles. The van der Waals surface area contributed by atoms with Crippen LogP contribution >= 0.6 is 0 Å². The maximum Gasteiger partial charge on any atom is 2.00 e. The summed E-state index contributed by atoms with van der Waals surface area (Å²) in [7, 11) is -8.29. The molecular formula is C16H32CaN2O8S2. The predicted molar refractivity (Wildman–Crippen MR) is 109 cm³/mol. The Labute approximate surface area is 204 Å². The van der Waals surface area contributed by atoms with Crippen LogP contribution < -0.4 is 10.6 Å². The fourth-order valence-electron chi connectivity index (χ4n) is 1.84. The van der Waals surface area contributed by atoms with Gasteiger partial charge in [-0.3, -0.25) is 9.59 Å². The minimum absolute atomic E-state index is 0. The molecule has 0 unspecified atom stereocenters. The van der Waals surface area contributed by atoms with Crippen molar-refractivity contribution in [1.82, 2.24) is 10.6 Å². The Balaban J connectivity index is -0.000000451. The summed E-state index contributed by atoms with van der Waals surface area (Å²) in [6.45, 7) is 8.16. The fourth-order valence-corrected chi connectivity index (χ4v) is 2.84. The van der Waals surface area contributed by atoms with Crippen molar-refractivity contribution in [2.24, 2.45) is 11.8 Å². The Morgan fingerprint density at radius 3 is 1.21 bits per heavy atom. The number of carbonyl (C=O) groups excluding carboxylic acids is 2. The van der Waals surface area contributed by atoms with Crippen molar-refractivity contribution in [2.75, 3.05) is 24.6 Å². The van der Waals surface area contributed by atoms with Crippen LogP contribution in [0.25, 0.3) is 0 Å². The summed E-state index contributed by atoms with van der Waals surface area (Å²) in [4.78, 5) is 22.1. The molecule has 0 saturated carbocycles. The Morgan fingerprint density at radius 1 is 0.724 bits per heavy atom. The van der Waals surface area contributed by atoms with E-state index in [9.17, 15) is 35.5 Å². The van der Waals surface area contributed by atoms with Crippen LogP contribution in [0.3, 0.4) is 0 Å². The molecule has 2 amide bonds. The normalized spacial score (nSPS) is 11.3. The van der Waals surface area contributed by atoms with Crippen LogP contribution in [0.5, 0.6) is 0 Å². The van der Waals surface area contributed by atoms with E-state index < -0.39 is 31.7 Å². The van der Waals surface area contributed by atoms with Gasteiger partial charge in [-0.25, -0.2) is 16.8 Å². The molecule has 0 aromatic heterocycles. The van der Waals surface area contributed by atoms with Crippen LogP contribution in [0, 0.1) is 11.8 Å². The third kappa shape index (κ3) is 32.9. The third-order valence-electron chi connectivity index (χ3n) is 2.97. The SMILES string of the molecule is CC(C)CC(=O)NCCCS(=O)(=O)[O-].CC(C)CC(=O)NCCCS(=O)(=O)[O-].[Ca+2]. The Hall–Kier alpha value is 0.0197. The van der Waals surface area contributed by atoms with E-state index in [1.165, 1.54) is 0 Å². The molecule has 0 aliphatic carbocycles. The first kappa shape index (κ1) is 33.7. The molecule has 0 aromatic carbocycles. The molecule has 29 heavy (non-hydrogen) atoms. The molecule has 0 aliphatic rings. The third-order valence-corrected chi connectivity index (χ3v) is 4.55. The number of rotatable bonds is 12. The Kier molecular flexibility index (Phi) is 20.5. The summed E-state index contributed by atoms with van der Waals surface area (Å²) in [6.07, 6.45) is 1.19. The Morgan fingerprint density at radius 2 is 1.00 bits per heavy atom. The van der Waals surface area contributed by atoms with Crippen molar-refractivity contribution < 1.29 is 35.5 Å². The van der Waals surface area contributed by atoms with Crippen molar-refractivity contribution in [3.63, 3.8) is 0 Å². The maximum absolute atomic E-state index is 11.0. The van der Waals surface area contributed by atoms with E-state index in [0.29, 0.717) is 12.8 Å². The van der Waals surface area contributed by atoms with Crippen LogP contribution in [-0.4, -0.2) is 100 Å². The van der Waals surface area contributed by atoms with Crippen molar-refractivity contribution in [1.29, 1.82) is 0 Å². The zero-order valence-electron chi connectivity index (χ0n) is 17.6.